The minimum atomic E-state index is -2.67. The van der Waals surface area contributed by atoms with Gasteiger partial charge in [-0.2, -0.15) is 4.98 Å². The van der Waals surface area contributed by atoms with Crippen LogP contribution in [0.4, 0.5) is 24.7 Å². The van der Waals surface area contributed by atoms with E-state index in [0.717, 1.165) is 0 Å². The van der Waals surface area contributed by atoms with Crippen LogP contribution in [0.1, 0.15) is 37.9 Å². The lowest BCUT2D eigenvalue weighted by atomic mass is 9.98. The molecule has 0 aliphatic heterocycles. The lowest BCUT2D eigenvalue weighted by molar-refractivity contribution is 0.148. The van der Waals surface area contributed by atoms with Gasteiger partial charge in [-0.05, 0) is 57.4 Å². The molecule has 0 bridgehead atoms. The Morgan fingerprint density at radius 1 is 1.16 bits per heavy atom. The van der Waals surface area contributed by atoms with E-state index in [1.165, 1.54) is 6.07 Å². The van der Waals surface area contributed by atoms with E-state index in [9.17, 15) is 8.78 Å². The van der Waals surface area contributed by atoms with Gasteiger partial charge in [0.25, 0.3) is 5.78 Å². The zero-order valence-electron chi connectivity index (χ0n) is 18.0. The molecule has 0 atom stereocenters. The first kappa shape index (κ1) is 21.6. The van der Waals surface area contributed by atoms with E-state index in [0.29, 0.717) is 22.7 Å². The van der Waals surface area contributed by atoms with Crippen molar-refractivity contribution in [3.63, 3.8) is 0 Å². The number of alkyl halides is 2. The number of aryl methyl sites for hydroxylation is 1. The van der Waals surface area contributed by atoms with Gasteiger partial charge in [-0.25, -0.2) is 18.2 Å². The number of hydrogen-bond donors (Lipinski definition) is 1. The Kier molecular flexibility index (Phi) is 5.46. The Bertz CT molecular complexity index is 1380. The summed E-state index contributed by atoms with van der Waals surface area (Å²) < 4.78 is 42.9. The van der Waals surface area contributed by atoms with Gasteiger partial charge in [-0.15, -0.1) is 10.2 Å². The van der Waals surface area contributed by atoms with E-state index in [1.807, 2.05) is 20.8 Å². The Morgan fingerprint density at radius 3 is 2.66 bits per heavy atom. The molecule has 0 unspecified atom stereocenters. The molecule has 0 fully saturated rings. The Morgan fingerprint density at radius 2 is 1.94 bits per heavy atom. The van der Waals surface area contributed by atoms with Crippen LogP contribution in [0.25, 0.3) is 16.7 Å². The highest BCUT2D eigenvalue weighted by Gasteiger charge is 2.20. The fourth-order valence-corrected chi connectivity index (χ4v) is 3.26. The number of rotatable bonds is 4. The summed E-state index contributed by atoms with van der Waals surface area (Å²) in [5, 5.41) is 11.2. The van der Waals surface area contributed by atoms with Gasteiger partial charge in [0, 0.05) is 23.7 Å². The van der Waals surface area contributed by atoms with Crippen molar-refractivity contribution < 1.29 is 13.2 Å². The van der Waals surface area contributed by atoms with Gasteiger partial charge in [-0.1, -0.05) is 12.0 Å². The average Bonchev–Trinajstić information content (AvgIpc) is 3.08. The number of nitrogens with one attached hydrogen (secondary N) is 1. The number of benzene rings is 1. The van der Waals surface area contributed by atoms with E-state index >= 15 is 4.39 Å². The summed E-state index contributed by atoms with van der Waals surface area (Å²) in [5.74, 6) is 6.29. The molecule has 0 radical (unpaired) electrons. The molecule has 6 nitrogen and oxygen atoms in total. The highest BCUT2D eigenvalue weighted by atomic mass is 19.3. The largest absolute Gasteiger partial charge is 0.339 e. The smallest absolute Gasteiger partial charge is 0.257 e. The van der Waals surface area contributed by atoms with Crippen LogP contribution >= 0.6 is 0 Å². The van der Waals surface area contributed by atoms with E-state index in [2.05, 4.69) is 37.3 Å². The maximum absolute atomic E-state index is 15.4. The van der Waals surface area contributed by atoms with Gasteiger partial charge < -0.3 is 5.32 Å². The zero-order chi connectivity index (χ0) is 23.0. The van der Waals surface area contributed by atoms with Crippen LogP contribution in [-0.2, 0) is 6.42 Å². The highest BCUT2D eigenvalue weighted by Crippen LogP contribution is 2.31. The first-order chi connectivity index (χ1) is 15.1. The van der Waals surface area contributed by atoms with Gasteiger partial charge in [0.15, 0.2) is 0 Å². The molecule has 4 rings (SSSR count). The average molecular weight is 438 g/mol. The third kappa shape index (κ3) is 4.35. The summed E-state index contributed by atoms with van der Waals surface area (Å²) >= 11 is 0. The summed E-state index contributed by atoms with van der Waals surface area (Å²) in [6.45, 7) is 7.69. The molecule has 32 heavy (non-hydrogen) atoms. The molecule has 3 aromatic heterocycles. The minimum absolute atomic E-state index is 0.0812. The summed E-state index contributed by atoms with van der Waals surface area (Å²) in [7, 11) is 0. The predicted octanol–water partition coefficient (Wildman–Crippen LogP) is 5.07. The standard InChI is InChI=1S/C23H21F3N6/c1-13-30-31-22-29-21(28-16-8-10-27-15(12-16)7-9-23(2,3)4)19-17(32(13)22)6-5-14(20(19)26)11-18(24)25/h5-6,8,10,12,18H,11H2,1-4H3,(H,27,28,29,31). The normalized spacial score (nSPS) is 11.8. The first-order valence-electron chi connectivity index (χ1n) is 9.99. The molecule has 0 aliphatic carbocycles. The van der Waals surface area contributed by atoms with Crippen LogP contribution in [0.2, 0.25) is 0 Å². The SMILES string of the molecule is Cc1nnc2nc(Nc3ccnc(C#CC(C)(C)C)c3)c3c(F)c(CC(F)F)ccc3n12. The lowest BCUT2D eigenvalue weighted by Crippen LogP contribution is -2.06. The molecule has 9 heteroatoms. The van der Waals surface area contributed by atoms with Crippen molar-refractivity contribution in [3.8, 4) is 11.8 Å². The molecule has 164 valence electrons. The molecule has 3 heterocycles. The van der Waals surface area contributed by atoms with Crippen molar-refractivity contribution in [2.24, 2.45) is 5.41 Å². The monoisotopic (exact) mass is 438 g/mol. The van der Waals surface area contributed by atoms with Gasteiger partial charge in [-0.3, -0.25) is 4.40 Å². The van der Waals surface area contributed by atoms with Crippen LogP contribution in [0.15, 0.2) is 30.5 Å². The third-order valence-corrected chi connectivity index (χ3v) is 4.66. The third-order valence-electron chi connectivity index (χ3n) is 4.66. The van der Waals surface area contributed by atoms with Gasteiger partial charge >= 0.3 is 0 Å². The fourth-order valence-electron chi connectivity index (χ4n) is 3.26. The van der Waals surface area contributed by atoms with E-state index in [1.54, 1.807) is 35.7 Å². The Hall–Kier alpha value is -3.67. The van der Waals surface area contributed by atoms with Crippen molar-refractivity contribution in [1.29, 1.82) is 0 Å². The molecule has 0 aliphatic rings. The number of halogens is 3. The molecule has 0 spiro atoms. The number of nitrogens with zero attached hydrogens (tertiary/aromatic N) is 5. The molecule has 1 N–H and O–H groups in total. The summed E-state index contributed by atoms with van der Waals surface area (Å²) in [4.78, 5) is 8.66. The molecule has 1 aromatic carbocycles. The van der Waals surface area contributed by atoms with E-state index in [4.69, 9.17) is 0 Å². The summed E-state index contributed by atoms with van der Waals surface area (Å²) in [6, 6.07) is 6.35. The molecule has 4 aromatic rings. The topological polar surface area (TPSA) is 68.0 Å². The number of anilines is 2. The molecule has 0 saturated heterocycles. The summed E-state index contributed by atoms with van der Waals surface area (Å²) in [6.07, 6.45) is -1.78. The van der Waals surface area contributed by atoms with Gasteiger partial charge in [0.1, 0.15) is 23.2 Å². The maximum Gasteiger partial charge on any atom is 0.257 e. The van der Waals surface area contributed by atoms with Crippen molar-refractivity contribution >= 4 is 28.2 Å². The number of fused-ring (bicyclic) bond motifs is 3. The molecular weight excluding hydrogens is 417 g/mol. The Labute approximate surface area is 182 Å². The number of hydrogen-bond acceptors (Lipinski definition) is 5. The molecular formula is C23H21F3N6. The highest BCUT2D eigenvalue weighted by molar-refractivity contribution is 5.94. The lowest BCUT2D eigenvalue weighted by Gasteiger charge is -2.14. The van der Waals surface area contributed by atoms with Crippen molar-refractivity contribution in [3.05, 3.63) is 53.4 Å². The van der Waals surface area contributed by atoms with E-state index < -0.39 is 18.7 Å². The summed E-state index contributed by atoms with van der Waals surface area (Å²) in [5.41, 5.74) is 1.26. The van der Waals surface area contributed by atoms with Crippen LogP contribution in [0, 0.1) is 30.0 Å². The van der Waals surface area contributed by atoms with Crippen LogP contribution in [0.3, 0.4) is 0 Å². The minimum Gasteiger partial charge on any atom is -0.339 e. The molecule has 0 amide bonds. The maximum atomic E-state index is 15.4. The van der Waals surface area contributed by atoms with Gasteiger partial charge in [0.05, 0.1) is 10.9 Å². The number of pyridine rings is 1. The van der Waals surface area contributed by atoms with Crippen LogP contribution < -0.4 is 5.32 Å². The quantitative estimate of drug-likeness (QED) is 0.451. The van der Waals surface area contributed by atoms with Crippen molar-refractivity contribution in [2.75, 3.05) is 5.32 Å². The van der Waals surface area contributed by atoms with E-state index in [-0.39, 0.29) is 28.0 Å². The van der Waals surface area contributed by atoms with Crippen molar-refractivity contribution in [1.82, 2.24) is 24.6 Å². The van der Waals surface area contributed by atoms with Crippen LogP contribution in [-0.4, -0.2) is 31.0 Å². The fraction of sp³-hybridized carbons (Fsp3) is 0.304. The van der Waals surface area contributed by atoms with Crippen molar-refractivity contribution in [2.45, 2.75) is 40.5 Å². The van der Waals surface area contributed by atoms with Gasteiger partial charge in [0.2, 0.25) is 6.43 Å². The zero-order valence-corrected chi connectivity index (χ0v) is 18.0. The first-order valence-corrected chi connectivity index (χ1v) is 9.99. The Balaban J connectivity index is 1.87. The second kappa shape index (κ2) is 8.11. The second-order valence-electron chi connectivity index (χ2n) is 8.43. The van der Waals surface area contributed by atoms with Crippen LogP contribution in [0.5, 0.6) is 0 Å². The number of aromatic nitrogens is 5. The predicted molar refractivity (Wildman–Crippen MR) is 117 cm³/mol. The molecule has 0 saturated carbocycles. The second-order valence-corrected chi connectivity index (χ2v) is 8.43.